The Labute approximate surface area is 145 Å². The Kier molecular flexibility index (Phi) is 6.94. The number of amides is 1. The molecule has 0 radical (unpaired) electrons. The van der Waals surface area contributed by atoms with E-state index in [4.69, 9.17) is 5.11 Å². The molecule has 7 nitrogen and oxygen atoms in total. The summed E-state index contributed by atoms with van der Waals surface area (Å²) >= 11 is 0. The van der Waals surface area contributed by atoms with E-state index in [2.05, 4.69) is 10.6 Å². The van der Waals surface area contributed by atoms with Gasteiger partial charge in [-0.2, -0.15) is 0 Å². The third-order valence-electron chi connectivity index (χ3n) is 3.52. The van der Waals surface area contributed by atoms with Crippen LogP contribution in [0, 0.1) is 0 Å². The fraction of sp³-hybridized carbons (Fsp3) is 0.222. The van der Waals surface area contributed by atoms with E-state index in [0.29, 0.717) is 5.69 Å². The minimum Gasteiger partial charge on any atom is -0.544 e. The summed E-state index contributed by atoms with van der Waals surface area (Å²) in [5.74, 6) is -1.75. The molecule has 2 rings (SSSR count). The molecule has 0 bridgehead atoms. The Balaban J connectivity index is 1.89. The van der Waals surface area contributed by atoms with Crippen LogP contribution >= 0.6 is 0 Å². The predicted molar refractivity (Wildman–Crippen MR) is 92.1 cm³/mol. The molecular formula is C18H21N3O4. The number of carbonyl (C=O) groups is 2. The number of hydrogen-bond donors (Lipinski definition) is 4. The standard InChI is InChI=1S/C18H21N3O4/c22-11-10-19-16(18(24)25)12-17(23)21-15-8-6-14(7-9-15)20-13-4-2-1-3-5-13/h1-9,16,19-20,22H,10-12H2,(H,21,23)(H,24,25)/t16-/m1/s1. The Morgan fingerprint density at radius 3 is 2.20 bits per heavy atom. The zero-order valence-corrected chi connectivity index (χ0v) is 13.6. The van der Waals surface area contributed by atoms with E-state index in [9.17, 15) is 14.7 Å². The van der Waals surface area contributed by atoms with Gasteiger partial charge in [-0.25, -0.2) is 0 Å². The van der Waals surface area contributed by atoms with E-state index in [1.807, 2.05) is 42.5 Å². The molecule has 0 heterocycles. The number of hydrogen-bond acceptors (Lipinski definition) is 5. The Morgan fingerprint density at radius 1 is 1.00 bits per heavy atom. The normalized spacial score (nSPS) is 11.6. The van der Waals surface area contributed by atoms with Gasteiger partial charge in [0.2, 0.25) is 5.91 Å². The number of rotatable bonds is 9. The minimum atomic E-state index is -1.33. The monoisotopic (exact) mass is 343 g/mol. The van der Waals surface area contributed by atoms with Crippen molar-refractivity contribution in [3.8, 4) is 0 Å². The molecular weight excluding hydrogens is 322 g/mol. The lowest BCUT2D eigenvalue weighted by atomic mass is 10.2. The summed E-state index contributed by atoms with van der Waals surface area (Å²) in [4.78, 5) is 23.0. The fourth-order valence-electron chi connectivity index (χ4n) is 2.28. The average molecular weight is 343 g/mol. The highest BCUT2D eigenvalue weighted by Gasteiger charge is 2.17. The van der Waals surface area contributed by atoms with Crippen LogP contribution in [0.1, 0.15) is 6.42 Å². The van der Waals surface area contributed by atoms with E-state index in [1.54, 1.807) is 12.1 Å². The highest BCUT2D eigenvalue weighted by molar-refractivity contribution is 5.93. The van der Waals surface area contributed by atoms with Crippen molar-refractivity contribution in [2.75, 3.05) is 23.8 Å². The van der Waals surface area contributed by atoms with E-state index in [-0.39, 0.29) is 19.6 Å². The van der Waals surface area contributed by atoms with Crippen LogP contribution in [0.25, 0.3) is 0 Å². The molecule has 1 atom stereocenters. The molecule has 7 heteroatoms. The molecule has 2 aromatic carbocycles. The number of aliphatic hydroxyl groups is 1. The lowest BCUT2D eigenvalue weighted by molar-refractivity contribution is -0.683. The smallest absolute Gasteiger partial charge is 0.230 e. The minimum absolute atomic E-state index is 0.165. The predicted octanol–water partition coefficient (Wildman–Crippen LogP) is -0.567. The second-order valence-corrected chi connectivity index (χ2v) is 5.49. The van der Waals surface area contributed by atoms with Crippen molar-refractivity contribution in [2.24, 2.45) is 0 Å². The molecule has 0 aromatic heterocycles. The molecule has 0 aliphatic heterocycles. The third kappa shape index (κ3) is 6.25. The van der Waals surface area contributed by atoms with Gasteiger partial charge in [0.25, 0.3) is 0 Å². The van der Waals surface area contributed by atoms with Crippen LogP contribution in [-0.4, -0.2) is 36.2 Å². The van der Waals surface area contributed by atoms with E-state index in [0.717, 1.165) is 11.4 Å². The summed E-state index contributed by atoms with van der Waals surface area (Å²) in [5, 5.41) is 27.0. The Bertz CT molecular complexity index is 689. The van der Waals surface area contributed by atoms with Gasteiger partial charge in [0.05, 0.1) is 25.5 Å². The van der Waals surface area contributed by atoms with Gasteiger partial charge in [0.15, 0.2) is 0 Å². The summed E-state index contributed by atoms with van der Waals surface area (Å²) in [5.41, 5.74) is 2.39. The molecule has 2 aromatic rings. The summed E-state index contributed by atoms with van der Waals surface area (Å²) in [6.07, 6.45) is -0.230. The molecule has 0 fully saturated rings. The third-order valence-corrected chi connectivity index (χ3v) is 3.52. The first-order valence-corrected chi connectivity index (χ1v) is 7.95. The van der Waals surface area contributed by atoms with Crippen molar-refractivity contribution < 1.29 is 25.1 Å². The number of nitrogens with two attached hydrogens (primary N) is 1. The first kappa shape index (κ1) is 18.4. The van der Waals surface area contributed by atoms with Crippen molar-refractivity contribution in [1.29, 1.82) is 0 Å². The van der Waals surface area contributed by atoms with Gasteiger partial charge in [0, 0.05) is 17.1 Å². The number of aliphatic hydroxyl groups excluding tert-OH is 1. The van der Waals surface area contributed by atoms with Crippen LogP contribution < -0.4 is 21.1 Å². The van der Waals surface area contributed by atoms with Gasteiger partial charge in [-0.05, 0) is 36.4 Å². The van der Waals surface area contributed by atoms with Crippen LogP contribution in [0.15, 0.2) is 54.6 Å². The number of aliphatic carboxylic acids is 1. The van der Waals surface area contributed by atoms with Gasteiger partial charge < -0.3 is 31.0 Å². The Morgan fingerprint density at radius 2 is 1.60 bits per heavy atom. The molecule has 0 saturated carbocycles. The number of benzene rings is 2. The Hall–Kier alpha value is -2.90. The van der Waals surface area contributed by atoms with Crippen LogP contribution in [-0.2, 0) is 9.59 Å². The number of anilines is 3. The molecule has 0 aliphatic rings. The van der Waals surface area contributed by atoms with Gasteiger partial charge in [-0.3, -0.25) is 4.79 Å². The van der Waals surface area contributed by atoms with Crippen molar-refractivity contribution in [1.82, 2.24) is 0 Å². The quantitative estimate of drug-likeness (QED) is 0.486. The first-order chi connectivity index (χ1) is 12.1. The summed E-state index contributed by atoms with van der Waals surface area (Å²) in [6.45, 7) is 0.0348. The van der Waals surface area contributed by atoms with Crippen molar-refractivity contribution in [2.45, 2.75) is 12.5 Å². The molecule has 5 N–H and O–H groups in total. The number of carboxylic acids is 1. The second kappa shape index (κ2) is 9.41. The maximum Gasteiger partial charge on any atom is 0.230 e. The highest BCUT2D eigenvalue weighted by atomic mass is 16.4. The van der Waals surface area contributed by atoms with Crippen molar-refractivity contribution in [3.05, 3.63) is 54.6 Å². The van der Waals surface area contributed by atoms with E-state index < -0.39 is 17.9 Å². The van der Waals surface area contributed by atoms with Gasteiger partial charge in [-0.15, -0.1) is 0 Å². The zero-order valence-electron chi connectivity index (χ0n) is 13.6. The highest BCUT2D eigenvalue weighted by Crippen LogP contribution is 2.18. The number of carbonyl (C=O) groups excluding carboxylic acids is 2. The summed E-state index contributed by atoms with van der Waals surface area (Å²) in [7, 11) is 0. The molecule has 0 spiro atoms. The lowest BCUT2D eigenvalue weighted by Gasteiger charge is -2.16. The van der Waals surface area contributed by atoms with Crippen LogP contribution in [0.3, 0.4) is 0 Å². The van der Waals surface area contributed by atoms with Crippen molar-refractivity contribution >= 4 is 28.9 Å². The molecule has 0 unspecified atom stereocenters. The molecule has 25 heavy (non-hydrogen) atoms. The van der Waals surface area contributed by atoms with Gasteiger partial charge >= 0.3 is 0 Å². The summed E-state index contributed by atoms with van der Waals surface area (Å²) in [6, 6.07) is 15.7. The maximum absolute atomic E-state index is 12.0. The molecule has 132 valence electrons. The largest absolute Gasteiger partial charge is 0.544 e. The van der Waals surface area contributed by atoms with Crippen LogP contribution in [0.4, 0.5) is 17.1 Å². The maximum atomic E-state index is 12.0. The molecule has 0 aliphatic carbocycles. The number of nitrogens with one attached hydrogen (secondary N) is 2. The number of carboxylic acid groups (broad SMARTS) is 1. The van der Waals surface area contributed by atoms with Gasteiger partial charge in [0.1, 0.15) is 6.04 Å². The fourth-order valence-corrected chi connectivity index (χ4v) is 2.28. The topological polar surface area (TPSA) is 118 Å². The second-order valence-electron chi connectivity index (χ2n) is 5.49. The SMILES string of the molecule is O=C(C[C@@H]([NH2+]CCO)C(=O)[O-])Nc1ccc(Nc2ccccc2)cc1. The van der Waals surface area contributed by atoms with Crippen LogP contribution in [0.5, 0.6) is 0 Å². The number of quaternary nitrogens is 1. The molecule has 0 saturated heterocycles. The number of para-hydroxylation sites is 1. The summed E-state index contributed by atoms with van der Waals surface area (Å²) < 4.78 is 0. The first-order valence-electron chi connectivity index (χ1n) is 7.95. The van der Waals surface area contributed by atoms with Crippen molar-refractivity contribution in [3.63, 3.8) is 0 Å². The van der Waals surface area contributed by atoms with Crippen LogP contribution in [0.2, 0.25) is 0 Å². The van der Waals surface area contributed by atoms with E-state index in [1.165, 1.54) is 5.32 Å². The average Bonchev–Trinajstić information content (AvgIpc) is 2.61. The zero-order chi connectivity index (χ0) is 18.1. The van der Waals surface area contributed by atoms with E-state index >= 15 is 0 Å². The molecule has 1 amide bonds. The lowest BCUT2D eigenvalue weighted by Crippen LogP contribution is -2.94. The van der Waals surface area contributed by atoms with Gasteiger partial charge in [-0.1, -0.05) is 18.2 Å².